The number of morpholine rings is 1. The van der Waals surface area contributed by atoms with E-state index < -0.39 is 0 Å². The molecule has 1 atom stereocenters. The van der Waals surface area contributed by atoms with Crippen LogP contribution >= 0.6 is 0 Å². The van der Waals surface area contributed by atoms with Gasteiger partial charge in [-0.15, -0.1) is 0 Å². The zero-order valence-corrected chi connectivity index (χ0v) is 15.3. The molecule has 0 aliphatic carbocycles. The highest BCUT2D eigenvalue weighted by Crippen LogP contribution is 2.26. The number of hydrogen-bond donors (Lipinski definition) is 1. The number of nitrogens with one attached hydrogen (secondary N) is 1. The molecule has 0 radical (unpaired) electrons. The highest BCUT2D eigenvalue weighted by atomic mass is 16.5. The maximum Gasteiger partial charge on any atom is 0.250 e. The first-order chi connectivity index (χ1) is 13.3. The molecule has 2 heterocycles. The molecule has 0 aromatic heterocycles. The Kier molecular flexibility index (Phi) is 5.51. The van der Waals surface area contributed by atoms with Crippen molar-refractivity contribution in [1.29, 1.82) is 0 Å². The second kappa shape index (κ2) is 8.37. The van der Waals surface area contributed by atoms with Gasteiger partial charge in [0.2, 0.25) is 0 Å². The van der Waals surface area contributed by atoms with Gasteiger partial charge in [0.1, 0.15) is 12.4 Å². The van der Waals surface area contributed by atoms with Crippen LogP contribution in [-0.2, 0) is 9.53 Å². The van der Waals surface area contributed by atoms with E-state index in [1.165, 1.54) is 5.56 Å². The van der Waals surface area contributed by atoms with Crippen molar-refractivity contribution in [3.05, 3.63) is 71.3 Å². The van der Waals surface area contributed by atoms with Gasteiger partial charge in [-0.25, -0.2) is 0 Å². The summed E-state index contributed by atoms with van der Waals surface area (Å²) in [5.41, 5.74) is 2.81. The van der Waals surface area contributed by atoms with E-state index in [4.69, 9.17) is 9.47 Å². The number of rotatable bonds is 5. The average molecular weight is 364 g/mol. The standard InChI is InChI=1S/C22H24N2O3/c25-22(19-14-18-8-4-5-9-21(18)27-16-19)23-15-20(17-6-2-1-3-7-17)24-10-12-26-13-11-24/h1-9,14,20H,10-13,15-16H2,(H,23,25). The summed E-state index contributed by atoms with van der Waals surface area (Å²) in [5.74, 6) is 0.753. The van der Waals surface area contributed by atoms with Crippen molar-refractivity contribution in [3.8, 4) is 5.75 Å². The molecule has 1 unspecified atom stereocenters. The maximum absolute atomic E-state index is 12.7. The average Bonchev–Trinajstić information content (AvgIpc) is 2.75. The van der Waals surface area contributed by atoms with Gasteiger partial charge < -0.3 is 14.8 Å². The van der Waals surface area contributed by atoms with E-state index >= 15 is 0 Å². The SMILES string of the molecule is O=C(NCC(c1ccccc1)N1CCOCC1)C1=Cc2ccccc2OC1. The summed E-state index contributed by atoms with van der Waals surface area (Å²) in [4.78, 5) is 15.1. The second-order valence-electron chi connectivity index (χ2n) is 6.78. The van der Waals surface area contributed by atoms with Gasteiger partial charge in [-0.05, 0) is 17.7 Å². The molecule has 1 N–H and O–H groups in total. The van der Waals surface area contributed by atoms with E-state index in [2.05, 4.69) is 22.3 Å². The van der Waals surface area contributed by atoms with E-state index in [0.717, 1.165) is 37.6 Å². The fourth-order valence-corrected chi connectivity index (χ4v) is 3.57. The number of para-hydroxylation sites is 1. The molecule has 0 saturated carbocycles. The van der Waals surface area contributed by atoms with Gasteiger partial charge in [-0.3, -0.25) is 9.69 Å². The molecule has 140 valence electrons. The molecule has 1 saturated heterocycles. The molecule has 2 aliphatic rings. The van der Waals surface area contributed by atoms with Crippen molar-refractivity contribution in [2.75, 3.05) is 39.5 Å². The Labute approximate surface area is 159 Å². The minimum absolute atomic E-state index is 0.0707. The van der Waals surface area contributed by atoms with Gasteiger partial charge in [0, 0.05) is 25.2 Å². The molecule has 2 aromatic rings. The first-order valence-corrected chi connectivity index (χ1v) is 9.38. The second-order valence-corrected chi connectivity index (χ2v) is 6.78. The predicted molar refractivity (Wildman–Crippen MR) is 104 cm³/mol. The van der Waals surface area contributed by atoms with Crippen LogP contribution in [0.5, 0.6) is 5.75 Å². The first kappa shape index (κ1) is 17.8. The number of fused-ring (bicyclic) bond motifs is 1. The van der Waals surface area contributed by atoms with Gasteiger partial charge in [-0.2, -0.15) is 0 Å². The number of hydrogen-bond acceptors (Lipinski definition) is 4. The Bertz CT molecular complexity index is 813. The molecule has 1 fully saturated rings. The third-order valence-electron chi connectivity index (χ3n) is 5.05. The number of amides is 1. The number of ether oxygens (including phenoxy) is 2. The molecule has 1 amide bonds. The number of carbonyl (C=O) groups excluding carboxylic acids is 1. The lowest BCUT2D eigenvalue weighted by Crippen LogP contribution is -2.44. The summed E-state index contributed by atoms with van der Waals surface area (Å²) in [6.07, 6.45) is 1.92. The lowest BCUT2D eigenvalue weighted by atomic mass is 10.0. The van der Waals surface area contributed by atoms with Crippen LogP contribution in [0.15, 0.2) is 60.2 Å². The van der Waals surface area contributed by atoms with Gasteiger partial charge >= 0.3 is 0 Å². The minimum atomic E-state index is -0.0707. The molecule has 0 bridgehead atoms. The normalized spacial score (nSPS) is 18.0. The summed E-state index contributed by atoms with van der Waals surface area (Å²) in [6, 6.07) is 18.2. The van der Waals surface area contributed by atoms with E-state index in [0.29, 0.717) is 18.7 Å². The molecule has 2 aromatic carbocycles. The molecule has 2 aliphatic heterocycles. The van der Waals surface area contributed by atoms with Crippen LogP contribution in [0.4, 0.5) is 0 Å². The lowest BCUT2D eigenvalue weighted by Gasteiger charge is -2.35. The van der Waals surface area contributed by atoms with E-state index in [-0.39, 0.29) is 11.9 Å². The Balaban J connectivity index is 1.46. The lowest BCUT2D eigenvalue weighted by molar-refractivity contribution is -0.118. The van der Waals surface area contributed by atoms with Crippen LogP contribution < -0.4 is 10.1 Å². The zero-order valence-electron chi connectivity index (χ0n) is 15.3. The molecule has 0 spiro atoms. The van der Waals surface area contributed by atoms with Crippen LogP contribution in [-0.4, -0.2) is 50.3 Å². The van der Waals surface area contributed by atoms with Gasteiger partial charge in [-0.1, -0.05) is 48.5 Å². The van der Waals surface area contributed by atoms with Crippen LogP contribution in [0.1, 0.15) is 17.2 Å². The highest BCUT2D eigenvalue weighted by Gasteiger charge is 2.24. The first-order valence-electron chi connectivity index (χ1n) is 9.38. The van der Waals surface area contributed by atoms with Gasteiger partial charge in [0.15, 0.2) is 0 Å². The smallest absolute Gasteiger partial charge is 0.250 e. The van der Waals surface area contributed by atoms with E-state index in [1.807, 2.05) is 48.5 Å². The molecule has 27 heavy (non-hydrogen) atoms. The summed E-state index contributed by atoms with van der Waals surface area (Å²) in [7, 11) is 0. The Hall–Kier alpha value is -2.63. The Morgan fingerprint density at radius 3 is 2.59 bits per heavy atom. The topological polar surface area (TPSA) is 50.8 Å². The van der Waals surface area contributed by atoms with Crippen LogP contribution in [0, 0.1) is 0 Å². The van der Waals surface area contributed by atoms with Crippen LogP contribution in [0.2, 0.25) is 0 Å². The van der Waals surface area contributed by atoms with Gasteiger partial charge in [0.25, 0.3) is 5.91 Å². The number of carbonyl (C=O) groups is 1. The van der Waals surface area contributed by atoms with Gasteiger partial charge in [0.05, 0.1) is 24.8 Å². The number of benzene rings is 2. The number of nitrogens with zero attached hydrogens (tertiary/aromatic N) is 1. The molecular formula is C22H24N2O3. The van der Waals surface area contributed by atoms with Crippen molar-refractivity contribution < 1.29 is 14.3 Å². The van der Waals surface area contributed by atoms with Crippen molar-refractivity contribution in [2.24, 2.45) is 0 Å². The quantitative estimate of drug-likeness (QED) is 0.886. The summed E-state index contributed by atoms with van der Waals surface area (Å²) in [5, 5.41) is 3.11. The Morgan fingerprint density at radius 1 is 1.04 bits per heavy atom. The Morgan fingerprint density at radius 2 is 1.78 bits per heavy atom. The van der Waals surface area contributed by atoms with Crippen molar-refractivity contribution in [1.82, 2.24) is 10.2 Å². The third-order valence-corrected chi connectivity index (χ3v) is 5.05. The monoisotopic (exact) mass is 364 g/mol. The summed E-state index contributed by atoms with van der Waals surface area (Å²) < 4.78 is 11.2. The third kappa shape index (κ3) is 4.21. The predicted octanol–water partition coefficient (Wildman–Crippen LogP) is 2.65. The highest BCUT2D eigenvalue weighted by molar-refractivity contribution is 5.99. The van der Waals surface area contributed by atoms with Crippen LogP contribution in [0.25, 0.3) is 6.08 Å². The fraction of sp³-hybridized carbons (Fsp3) is 0.318. The van der Waals surface area contributed by atoms with Crippen molar-refractivity contribution >= 4 is 12.0 Å². The molecule has 5 heteroatoms. The largest absolute Gasteiger partial charge is 0.488 e. The van der Waals surface area contributed by atoms with E-state index in [1.54, 1.807) is 0 Å². The van der Waals surface area contributed by atoms with Crippen molar-refractivity contribution in [2.45, 2.75) is 6.04 Å². The molecule has 5 nitrogen and oxygen atoms in total. The zero-order chi connectivity index (χ0) is 18.5. The fourth-order valence-electron chi connectivity index (χ4n) is 3.57. The maximum atomic E-state index is 12.7. The van der Waals surface area contributed by atoms with E-state index in [9.17, 15) is 4.79 Å². The minimum Gasteiger partial charge on any atom is -0.488 e. The molecular weight excluding hydrogens is 340 g/mol. The van der Waals surface area contributed by atoms with Crippen molar-refractivity contribution in [3.63, 3.8) is 0 Å². The molecule has 4 rings (SSSR count). The van der Waals surface area contributed by atoms with Crippen LogP contribution in [0.3, 0.4) is 0 Å². The summed E-state index contributed by atoms with van der Waals surface area (Å²) in [6.45, 7) is 4.06. The summed E-state index contributed by atoms with van der Waals surface area (Å²) >= 11 is 0.